The number of benzene rings is 1. The fraction of sp³-hybridized carbons (Fsp3) is 0.273. The number of carbonyl (C=O) groups is 2. The molecule has 8 heteroatoms. The van der Waals surface area contributed by atoms with Crippen molar-refractivity contribution in [1.82, 2.24) is 14.9 Å². The van der Waals surface area contributed by atoms with Crippen LogP contribution in [0.2, 0.25) is 0 Å². The number of hydrogen-bond acceptors (Lipinski definition) is 5. The number of rotatable bonds is 4. The van der Waals surface area contributed by atoms with Gasteiger partial charge in [0.1, 0.15) is 15.7 Å². The average Bonchev–Trinajstić information content (AvgIpc) is 3.15. The fourth-order valence-electron chi connectivity index (χ4n) is 3.54. The van der Waals surface area contributed by atoms with Gasteiger partial charge in [-0.2, -0.15) is 0 Å². The molecule has 1 N–H and O–H groups in total. The molecule has 3 aromatic rings. The molecular weight excluding hydrogens is 403 g/mol. The molecule has 2 aromatic heterocycles. The second kappa shape index (κ2) is 8.71. The van der Waals surface area contributed by atoms with Crippen LogP contribution in [0.25, 0.3) is 10.6 Å². The summed E-state index contributed by atoms with van der Waals surface area (Å²) in [6, 6.07) is 9.55. The highest BCUT2D eigenvalue weighted by molar-refractivity contribution is 7.17. The van der Waals surface area contributed by atoms with Crippen LogP contribution in [0.4, 0.5) is 10.1 Å². The minimum absolute atomic E-state index is 0.108. The number of pyridine rings is 1. The van der Waals surface area contributed by atoms with Crippen molar-refractivity contribution in [3.63, 3.8) is 0 Å². The van der Waals surface area contributed by atoms with Crippen LogP contribution in [0.1, 0.15) is 28.2 Å². The van der Waals surface area contributed by atoms with Gasteiger partial charge >= 0.3 is 0 Å². The molecule has 154 valence electrons. The minimum Gasteiger partial charge on any atom is -0.337 e. The number of piperidine rings is 1. The van der Waals surface area contributed by atoms with Crippen LogP contribution in [0.15, 0.2) is 48.8 Å². The van der Waals surface area contributed by atoms with Gasteiger partial charge in [-0.15, -0.1) is 11.3 Å². The highest BCUT2D eigenvalue weighted by atomic mass is 32.1. The van der Waals surface area contributed by atoms with E-state index < -0.39 is 5.82 Å². The zero-order valence-electron chi connectivity index (χ0n) is 16.5. The molecule has 0 radical (unpaired) electrons. The summed E-state index contributed by atoms with van der Waals surface area (Å²) in [6.07, 6.45) is 4.84. The largest absolute Gasteiger partial charge is 0.337 e. The van der Waals surface area contributed by atoms with Crippen molar-refractivity contribution >= 4 is 28.8 Å². The van der Waals surface area contributed by atoms with Crippen LogP contribution in [0.5, 0.6) is 0 Å². The smallest absolute Gasteiger partial charge is 0.265 e. The molecule has 1 atom stereocenters. The van der Waals surface area contributed by atoms with Crippen LogP contribution in [0.3, 0.4) is 0 Å². The molecule has 6 nitrogen and oxygen atoms in total. The molecule has 2 amide bonds. The number of hydrogen-bond donors (Lipinski definition) is 1. The van der Waals surface area contributed by atoms with Gasteiger partial charge in [0, 0.05) is 36.7 Å². The molecule has 1 unspecified atom stereocenters. The Balaban J connectivity index is 1.46. The van der Waals surface area contributed by atoms with Gasteiger partial charge in [0.05, 0.1) is 11.6 Å². The molecule has 0 aliphatic carbocycles. The normalized spacial score (nSPS) is 16.3. The zero-order valence-corrected chi connectivity index (χ0v) is 17.3. The second-order valence-corrected chi connectivity index (χ2v) is 8.26. The van der Waals surface area contributed by atoms with Crippen LogP contribution in [-0.4, -0.2) is 39.8 Å². The van der Waals surface area contributed by atoms with Crippen molar-refractivity contribution in [2.75, 3.05) is 18.4 Å². The number of carbonyl (C=O) groups excluding carboxylic acids is 2. The summed E-state index contributed by atoms with van der Waals surface area (Å²) in [5.74, 6) is -1.05. The summed E-state index contributed by atoms with van der Waals surface area (Å²) in [6.45, 7) is 2.75. The van der Waals surface area contributed by atoms with E-state index in [1.807, 2.05) is 19.1 Å². The average molecular weight is 425 g/mol. The van der Waals surface area contributed by atoms with Crippen LogP contribution in [-0.2, 0) is 4.79 Å². The Hall–Kier alpha value is -3.13. The first-order valence-corrected chi connectivity index (χ1v) is 10.6. The molecule has 0 spiro atoms. The minimum atomic E-state index is -0.404. The van der Waals surface area contributed by atoms with E-state index >= 15 is 0 Å². The van der Waals surface area contributed by atoms with Crippen molar-refractivity contribution in [2.45, 2.75) is 19.8 Å². The predicted molar refractivity (Wildman–Crippen MR) is 114 cm³/mol. The topological polar surface area (TPSA) is 75.2 Å². The SMILES string of the molecule is Cc1nc(-c2cccnc2)sc1C(=O)N1CCCC(C(=O)Nc2cccc(F)c2)C1. The Morgan fingerprint density at radius 2 is 2.13 bits per heavy atom. The molecule has 1 aliphatic rings. The standard InChI is InChI=1S/C22H21FN4O2S/c1-14-19(30-21(25-14)15-5-3-9-24-12-15)22(29)27-10-4-6-16(13-27)20(28)26-18-8-2-7-17(23)11-18/h2-3,5,7-9,11-12,16H,4,6,10,13H2,1H3,(H,26,28). The molecule has 4 rings (SSSR count). The van der Waals surface area contributed by atoms with Crippen molar-refractivity contribution in [3.05, 3.63) is 65.2 Å². The monoisotopic (exact) mass is 424 g/mol. The molecule has 1 aliphatic heterocycles. The van der Waals surface area contributed by atoms with E-state index in [0.29, 0.717) is 35.8 Å². The predicted octanol–water partition coefficient (Wildman–Crippen LogP) is 4.14. The van der Waals surface area contributed by atoms with Gasteiger partial charge in [-0.05, 0) is 50.1 Å². The summed E-state index contributed by atoms with van der Waals surface area (Å²) in [7, 11) is 0. The van der Waals surface area contributed by atoms with Gasteiger partial charge in [0.15, 0.2) is 0 Å². The number of aryl methyl sites for hydroxylation is 1. The van der Waals surface area contributed by atoms with E-state index in [0.717, 1.165) is 17.0 Å². The van der Waals surface area contributed by atoms with E-state index in [-0.39, 0.29) is 17.7 Å². The van der Waals surface area contributed by atoms with Crippen molar-refractivity contribution in [1.29, 1.82) is 0 Å². The Bertz CT molecular complexity index is 1070. The molecule has 0 saturated carbocycles. The Morgan fingerprint density at radius 3 is 2.90 bits per heavy atom. The number of amides is 2. The van der Waals surface area contributed by atoms with E-state index in [4.69, 9.17) is 0 Å². The Morgan fingerprint density at radius 1 is 1.27 bits per heavy atom. The zero-order chi connectivity index (χ0) is 21.1. The third kappa shape index (κ3) is 4.38. The molecule has 1 aromatic carbocycles. The first-order chi connectivity index (χ1) is 14.5. The lowest BCUT2D eigenvalue weighted by molar-refractivity contribution is -0.121. The summed E-state index contributed by atoms with van der Waals surface area (Å²) >= 11 is 1.34. The highest BCUT2D eigenvalue weighted by Gasteiger charge is 2.30. The van der Waals surface area contributed by atoms with Gasteiger partial charge < -0.3 is 10.2 Å². The van der Waals surface area contributed by atoms with E-state index in [1.165, 1.54) is 23.5 Å². The lowest BCUT2D eigenvalue weighted by Gasteiger charge is -2.31. The third-order valence-electron chi connectivity index (χ3n) is 5.07. The molecule has 0 bridgehead atoms. The molecule has 1 saturated heterocycles. The quantitative estimate of drug-likeness (QED) is 0.683. The number of anilines is 1. The first kappa shape index (κ1) is 20.2. The van der Waals surface area contributed by atoms with Gasteiger partial charge in [0.2, 0.25) is 5.91 Å². The Kier molecular flexibility index (Phi) is 5.85. The first-order valence-electron chi connectivity index (χ1n) is 9.75. The molecule has 3 heterocycles. The summed E-state index contributed by atoms with van der Waals surface area (Å²) < 4.78 is 13.4. The lowest BCUT2D eigenvalue weighted by Crippen LogP contribution is -2.43. The number of nitrogens with zero attached hydrogens (tertiary/aromatic N) is 3. The van der Waals surface area contributed by atoms with Crippen molar-refractivity contribution in [3.8, 4) is 10.6 Å². The number of likely N-dealkylation sites (tertiary alicyclic amines) is 1. The number of nitrogens with one attached hydrogen (secondary N) is 1. The number of thiazole rings is 1. The van der Waals surface area contributed by atoms with Crippen LogP contribution >= 0.6 is 11.3 Å². The van der Waals surface area contributed by atoms with Crippen LogP contribution < -0.4 is 5.32 Å². The van der Waals surface area contributed by atoms with Gasteiger partial charge in [-0.3, -0.25) is 14.6 Å². The summed E-state index contributed by atoms with van der Waals surface area (Å²) in [5, 5.41) is 3.51. The van der Waals surface area contributed by atoms with Crippen molar-refractivity contribution < 1.29 is 14.0 Å². The lowest BCUT2D eigenvalue weighted by atomic mass is 9.96. The Labute approximate surface area is 177 Å². The number of aromatic nitrogens is 2. The van der Waals surface area contributed by atoms with Crippen molar-refractivity contribution in [2.24, 2.45) is 5.92 Å². The maximum absolute atomic E-state index is 13.4. The molecule has 30 heavy (non-hydrogen) atoms. The maximum Gasteiger partial charge on any atom is 0.265 e. The van der Waals surface area contributed by atoms with Gasteiger partial charge in [-0.1, -0.05) is 6.07 Å². The number of halogens is 1. The van der Waals surface area contributed by atoms with E-state index in [2.05, 4.69) is 15.3 Å². The van der Waals surface area contributed by atoms with E-state index in [9.17, 15) is 14.0 Å². The highest BCUT2D eigenvalue weighted by Crippen LogP contribution is 2.29. The van der Waals surface area contributed by atoms with Gasteiger partial charge in [0.25, 0.3) is 5.91 Å². The maximum atomic E-state index is 13.4. The van der Waals surface area contributed by atoms with E-state index in [1.54, 1.807) is 29.4 Å². The van der Waals surface area contributed by atoms with Crippen LogP contribution in [0, 0.1) is 18.7 Å². The summed E-state index contributed by atoms with van der Waals surface area (Å²) in [5.41, 5.74) is 1.97. The second-order valence-electron chi connectivity index (χ2n) is 7.27. The summed E-state index contributed by atoms with van der Waals surface area (Å²) in [4.78, 5) is 36.7. The fourth-order valence-corrected chi connectivity index (χ4v) is 4.56. The molecular formula is C22H21FN4O2S. The third-order valence-corrected chi connectivity index (χ3v) is 6.27. The van der Waals surface area contributed by atoms with Gasteiger partial charge in [-0.25, -0.2) is 9.37 Å². The molecule has 1 fully saturated rings.